The van der Waals surface area contributed by atoms with Crippen LogP contribution in [0.4, 0.5) is 13.2 Å². The van der Waals surface area contributed by atoms with E-state index in [-0.39, 0.29) is 11.7 Å². The van der Waals surface area contributed by atoms with Gasteiger partial charge in [0.1, 0.15) is 17.8 Å². The summed E-state index contributed by atoms with van der Waals surface area (Å²) in [5.74, 6) is 1.40. The maximum absolute atomic E-state index is 13.4. The zero-order chi connectivity index (χ0) is 21.3. The monoisotopic (exact) mass is 421 g/mol. The molecule has 1 aliphatic rings. The lowest BCUT2D eigenvalue weighted by atomic mass is 9.92. The number of nitrogens with zero attached hydrogens (tertiary/aromatic N) is 5. The minimum atomic E-state index is -4.52. The average molecular weight is 421 g/mol. The molecular weight excluding hydrogens is 399 g/mol. The fraction of sp³-hybridized carbons (Fsp3) is 0.450. The number of piperidine rings is 1. The van der Waals surface area contributed by atoms with Crippen molar-refractivity contribution in [2.75, 3.05) is 27.3 Å². The van der Waals surface area contributed by atoms with Crippen LogP contribution in [0.3, 0.4) is 0 Å². The van der Waals surface area contributed by atoms with Gasteiger partial charge in [-0.05, 0) is 38.1 Å². The van der Waals surface area contributed by atoms with Crippen molar-refractivity contribution in [2.45, 2.75) is 31.5 Å². The fourth-order valence-corrected chi connectivity index (χ4v) is 3.85. The molecule has 1 aromatic carbocycles. The summed E-state index contributed by atoms with van der Waals surface area (Å²) in [6.07, 6.45) is -2.00. The Bertz CT molecular complexity index is 1030. The topological polar surface area (TPSA) is 64.8 Å². The number of halogens is 3. The van der Waals surface area contributed by atoms with Crippen LogP contribution in [0, 0.1) is 0 Å². The molecule has 0 radical (unpaired) electrons. The molecule has 4 rings (SSSR count). The summed E-state index contributed by atoms with van der Waals surface area (Å²) in [7, 11) is 3.23. The average Bonchev–Trinajstić information content (AvgIpc) is 3.21. The van der Waals surface area contributed by atoms with Crippen molar-refractivity contribution in [2.24, 2.45) is 0 Å². The first-order valence-corrected chi connectivity index (χ1v) is 9.60. The molecule has 0 saturated carbocycles. The highest BCUT2D eigenvalue weighted by molar-refractivity contribution is 5.40. The van der Waals surface area contributed by atoms with Gasteiger partial charge in [0.05, 0.1) is 14.2 Å². The Hall–Kier alpha value is -2.88. The van der Waals surface area contributed by atoms with E-state index in [1.807, 2.05) is 18.2 Å². The smallest absolute Gasteiger partial charge is 0.433 e. The van der Waals surface area contributed by atoms with Crippen molar-refractivity contribution >= 4 is 5.78 Å². The van der Waals surface area contributed by atoms with Gasteiger partial charge in [0.15, 0.2) is 5.69 Å². The van der Waals surface area contributed by atoms with Gasteiger partial charge in [-0.25, -0.2) is 4.98 Å². The maximum Gasteiger partial charge on any atom is 0.433 e. The van der Waals surface area contributed by atoms with Gasteiger partial charge < -0.3 is 9.47 Å². The molecule has 160 valence electrons. The number of alkyl halides is 3. The molecule has 0 bridgehead atoms. The molecule has 10 heteroatoms. The van der Waals surface area contributed by atoms with Gasteiger partial charge in [-0.1, -0.05) is 6.07 Å². The lowest BCUT2D eigenvalue weighted by molar-refractivity contribution is -0.142. The number of hydrogen-bond acceptors (Lipinski definition) is 6. The van der Waals surface area contributed by atoms with Gasteiger partial charge in [-0.3, -0.25) is 4.90 Å². The first-order chi connectivity index (χ1) is 14.4. The van der Waals surface area contributed by atoms with Gasteiger partial charge in [-0.2, -0.15) is 27.8 Å². The van der Waals surface area contributed by atoms with Crippen molar-refractivity contribution in [3.63, 3.8) is 0 Å². The summed E-state index contributed by atoms with van der Waals surface area (Å²) >= 11 is 0. The second kappa shape index (κ2) is 8.10. The van der Waals surface area contributed by atoms with E-state index >= 15 is 0 Å². The maximum atomic E-state index is 13.4. The molecule has 3 heterocycles. The van der Waals surface area contributed by atoms with Crippen LogP contribution in [-0.4, -0.2) is 51.8 Å². The van der Waals surface area contributed by atoms with Crippen molar-refractivity contribution < 1.29 is 22.6 Å². The Morgan fingerprint density at radius 3 is 2.53 bits per heavy atom. The molecule has 3 aromatic rings. The number of benzene rings is 1. The summed E-state index contributed by atoms with van der Waals surface area (Å²) < 4.78 is 51.7. The van der Waals surface area contributed by atoms with Crippen molar-refractivity contribution in [3.05, 3.63) is 47.5 Å². The molecule has 0 atom stereocenters. The van der Waals surface area contributed by atoms with Crippen LogP contribution in [0.2, 0.25) is 0 Å². The third-order valence-corrected chi connectivity index (χ3v) is 5.46. The van der Waals surface area contributed by atoms with E-state index in [4.69, 9.17) is 9.47 Å². The van der Waals surface area contributed by atoms with Gasteiger partial charge in [0, 0.05) is 29.8 Å². The summed E-state index contributed by atoms with van der Waals surface area (Å²) in [5, 5.41) is 3.65. The Balaban J connectivity index is 1.48. The van der Waals surface area contributed by atoms with Crippen molar-refractivity contribution in [3.8, 4) is 11.5 Å². The van der Waals surface area contributed by atoms with Crippen LogP contribution < -0.4 is 9.47 Å². The quantitative estimate of drug-likeness (QED) is 0.628. The number of rotatable bonds is 5. The van der Waals surface area contributed by atoms with Crippen LogP contribution in [0.15, 0.2) is 30.6 Å². The number of hydrogen-bond donors (Lipinski definition) is 0. The van der Waals surface area contributed by atoms with E-state index in [1.165, 1.54) is 0 Å². The second-order valence-electron chi connectivity index (χ2n) is 7.26. The Kier molecular flexibility index (Phi) is 5.50. The largest absolute Gasteiger partial charge is 0.497 e. The molecule has 0 amide bonds. The number of fused-ring (bicyclic) bond motifs is 1. The van der Waals surface area contributed by atoms with Crippen LogP contribution >= 0.6 is 0 Å². The molecule has 0 aliphatic carbocycles. The number of aromatic nitrogens is 4. The summed E-state index contributed by atoms with van der Waals surface area (Å²) in [5.41, 5.74) is 0.619. The molecular formula is C20H22F3N5O2. The molecule has 0 unspecified atom stereocenters. The first kappa shape index (κ1) is 20.4. The molecule has 1 aliphatic heterocycles. The minimum absolute atomic E-state index is 0.0229. The highest BCUT2D eigenvalue weighted by atomic mass is 19.4. The predicted molar refractivity (Wildman–Crippen MR) is 103 cm³/mol. The van der Waals surface area contributed by atoms with Crippen LogP contribution in [0.25, 0.3) is 5.78 Å². The molecule has 0 N–H and O–H groups in total. The summed E-state index contributed by atoms with van der Waals surface area (Å²) in [6.45, 7) is 2.20. The normalized spacial score (nSPS) is 16.2. The Morgan fingerprint density at radius 2 is 1.87 bits per heavy atom. The number of ether oxygens (including phenoxy) is 2. The van der Waals surface area contributed by atoms with Crippen molar-refractivity contribution in [1.82, 2.24) is 24.5 Å². The highest BCUT2D eigenvalue weighted by Crippen LogP contribution is 2.34. The van der Waals surface area contributed by atoms with Gasteiger partial charge in [-0.15, -0.1) is 0 Å². The Labute approximate surface area is 171 Å². The predicted octanol–water partition coefficient (Wildman–Crippen LogP) is 3.54. The number of methoxy groups -OCH3 is 2. The molecule has 7 nitrogen and oxygen atoms in total. The number of likely N-dealkylation sites (tertiary alicyclic amines) is 1. The summed E-state index contributed by atoms with van der Waals surface area (Å²) in [4.78, 5) is 10.4. The SMILES string of the molecule is COc1ccc(CN2CCC(c3cc(C(F)(F)F)n4ncnc4n3)CC2)c(OC)c1. The van der Waals surface area contributed by atoms with Crippen LogP contribution in [-0.2, 0) is 12.7 Å². The van der Waals surface area contributed by atoms with Gasteiger partial charge in [0.2, 0.25) is 0 Å². The van der Waals surface area contributed by atoms with E-state index in [1.54, 1.807) is 14.2 Å². The first-order valence-electron chi connectivity index (χ1n) is 9.60. The molecule has 2 aromatic heterocycles. The third-order valence-electron chi connectivity index (χ3n) is 5.46. The zero-order valence-corrected chi connectivity index (χ0v) is 16.7. The van der Waals surface area contributed by atoms with E-state index < -0.39 is 11.9 Å². The van der Waals surface area contributed by atoms with E-state index in [0.29, 0.717) is 25.1 Å². The fourth-order valence-electron chi connectivity index (χ4n) is 3.85. The van der Waals surface area contributed by atoms with Crippen LogP contribution in [0.1, 0.15) is 35.7 Å². The minimum Gasteiger partial charge on any atom is -0.497 e. The molecule has 1 saturated heterocycles. The van der Waals surface area contributed by atoms with Crippen molar-refractivity contribution in [1.29, 1.82) is 0 Å². The third kappa shape index (κ3) is 4.04. The lowest BCUT2D eigenvalue weighted by Gasteiger charge is -2.32. The zero-order valence-electron chi connectivity index (χ0n) is 16.7. The van der Waals surface area contributed by atoms with E-state index in [9.17, 15) is 13.2 Å². The summed E-state index contributed by atoms with van der Waals surface area (Å²) in [6, 6.07) is 6.81. The molecule has 1 fully saturated rings. The Morgan fingerprint density at radius 1 is 1.10 bits per heavy atom. The van der Waals surface area contributed by atoms with E-state index in [0.717, 1.165) is 47.1 Å². The van der Waals surface area contributed by atoms with Gasteiger partial charge >= 0.3 is 6.18 Å². The second-order valence-corrected chi connectivity index (χ2v) is 7.26. The van der Waals surface area contributed by atoms with E-state index in [2.05, 4.69) is 20.0 Å². The molecule has 0 spiro atoms. The van der Waals surface area contributed by atoms with Crippen LogP contribution in [0.5, 0.6) is 11.5 Å². The lowest BCUT2D eigenvalue weighted by Crippen LogP contribution is -2.33. The molecule has 30 heavy (non-hydrogen) atoms. The van der Waals surface area contributed by atoms with Gasteiger partial charge in [0.25, 0.3) is 5.78 Å². The highest BCUT2D eigenvalue weighted by Gasteiger charge is 2.36. The standard InChI is InChI=1S/C20H22F3N5O2/c1-29-15-4-3-14(17(9-15)30-2)11-27-7-5-13(6-8-27)16-10-18(20(21,22)23)28-19(26-16)24-12-25-28/h3-4,9-10,12-13H,5-8,11H2,1-2H3.